The van der Waals surface area contributed by atoms with Crippen LogP contribution in [0.25, 0.3) is 11.1 Å². The Labute approximate surface area is 308 Å². The fourth-order valence-electron chi connectivity index (χ4n) is 7.90. The number of aryl methyl sites for hydroxylation is 3. The Morgan fingerprint density at radius 2 is 1.31 bits per heavy atom. The number of benzene rings is 2. The molecule has 2 aliphatic carbocycles. The first kappa shape index (κ1) is 37.5. The van der Waals surface area contributed by atoms with Crippen LogP contribution in [0.4, 0.5) is 5.69 Å². The van der Waals surface area contributed by atoms with Crippen molar-refractivity contribution in [2.24, 2.45) is 5.92 Å². The number of ketones is 1. The average molecular weight is 703 g/mol. The molecule has 8 nitrogen and oxygen atoms in total. The third kappa shape index (κ3) is 9.21. The maximum Gasteiger partial charge on any atom is 0.274 e. The third-order valence-electron chi connectivity index (χ3n) is 11.5. The molecule has 0 aliphatic heterocycles. The minimum Gasteiger partial charge on any atom is -0.393 e. The van der Waals surface area contributed by atoms with Gasteiger partial charge in [0.15, 0.2) is 5.78 Å². The summed E-state index contributed by atoms with van der Waals surface area (Å²) in [6.07, 6.45) is 13.2. The molecule has 2 aliphatic rings. The molecule has 0 atom stereocenters. The fourth-order valence-corrected chi connectivity index (χ4v) is 7.90. The molecule has 2 fully saturated rings. The molecule has 52 heavy (non-hydrogen) atoms. The second-order valence-corrected chi connectivity index (χ2v) is 15.2. The van der Waals surface area contributed by atoms with Gasteiger partial charge in [-0.2, -0.15) is 0 Å². The summed E-state index contributed by atoms with van der Waals surface area (Å²) in [6.45, 7) is 8.83. The Morgan fingerprint density at radius 1 is 0.712 bits per heavy atom. The minimum absolute atomic E-state index is 0.0236. The van der Waals surface area contributed by atoms with Crippen molar-refractivity contribution in [1.29, 1.82) is 0 Å². The summed E-state index contributed by atoms with van der Waals surface area (Å²) in [5, 5.41) is 26.3. The zero-order valence-corrected chi connectivity index (χ0v) is 31.2. The first-order chi connectivity index (χ1) is 25.0. The van der Waals surface area contributed by atoms with E-state index in [9.17, 15) is 19.8 Å². The predicted octanol–water partition coefficient (Wildman–Crippen LogP) is 7.93. The molecule has 1 amide bonds. The van der Waals surface area contributed by atoms with E-state index in [-0.39, 0.29) is 30.3 Å². The van der Waals surface area contributed by atoms with Crippen molar-refractivity contribution in [3.05, 3.63) is 111 Å². The summed E-state index contributed by atoms with van der Waals surface area (Å²) < 4.78 is 0. The van der Waals surface area contributed by atoms with Crippen molar-refractivity contribution in [2.75, 3.05) is 5.32 Å². The molecule has 2 aromatic heterocycles. The molecular weight excluding hydrogens is 649 g/mol. The summed E-state index contributed by atoms with van der Waals surface area (Å²) in [7, 11) is 0. The number of aliphatic hydroxyl groups is 2. The van der Waals surface area contributed by atoms with E-state index in [0.717, 1.165) is 114 Å². The Bertz CT molecular complexity index is 1750. The molecule has 8 heteroatoms. The molecule has 4 N–H and O–H groups in total. The Kier molecular flexibility index (Phi) is 12.3. The quantitative estimate of drug-likeness (QED) is 0.111. The van der Waals surface area contributed by atoms with Crippen LogP contribution < -0.4 is 10.6 Å². The van der Waals surface area contributed by atoms with E-state index in [0.29, 0.717) is 29.9 Å². The highest BCUT2D eigenvalue weighted by Crippen LogP contribution is 2.33. The van der Waals surface area contributed by atoms with Gasteiger partial charge in [0.2, 0.25) is 0 Å². The van der Waals surface area contributed by atoms with Gasteiger partial charge >= 0.3 is 0 Å². The summed E-state index contributed by atoms with van der Waals surface area (Å²) in [5.74, 6) is 0.372. The first-order valence-electron chi connectivity index (χ1n) is 19.1. The number of nitrogens with zero attached hydrogens (tertiary/aromatic N) is 2. The number of hydrogen-bond acceptors (Lipinski definition) is 7. The molecule has 6 rings (SSSR count). The van der Waals surface area contributed by atoms with Gasteiger partial charge in [-0.05, 0) is 166 Å². The lowest BCUT2D eigenvalue weighted by molar-refractivity contribution is 0.0985. The van der Waals surface area contributed by atoms with Crippen LogP contribution in [-0.4, -0.2) is 50.1 Å². The molecule has 2 heterocycles. The Morgan fingerprint density at radius 3 is 2.00 bits per heavy atom. The summed E-state index contributed by atoms with van der Waals surface area (Å²) in [5.41, 5.74) is 10.9. The number of carbonyl (C=O) groups is 2. The van der Waals surface area contributed by atoms with Crippen LogP contribution in [0.1, 0.15) is 118 Å². The van der Waals surface area contributed by atoms with Crippen LogP contribution in [0.15, 0.2) is 60.9 Å². The number of hydrogen-bond donors (Lipinski definition) is 4. The molecule has 2 aromatic carbocycles. The van der Waals surface area contributed by atoms with E-state index in [1.165, 1.54) is 5.56 Å². The molecule has 274 valence electrons. The fraction of sp³-hybridized carbons (Fsp3) is 0.455. The van der Waals surface area contributed by atoms with Gasteiger partial charge in [0, 0.05) is 37.1 Å². The highest BCUT2D eigenvalue weighted by atomic mass is 16.3. The van der Waals surface area contributed by atoms with Gasteiger partial charge in [-0.1, -0.05) is 30.3 Å². The SMILES string of the molecule is Cc1cc(C(=O)Nc2cccc(-c3cccc(CC(=O)c4cc(C)c(CNC5CCC(O)CC5)cn4)c3C)c2C)ncc1CCC1CCC(O)CC1. The molecular formula is C44H54N4O4. The normalized spacial score (nSPS) is 20.4. The zero-order chi connectivity index (χ0) is 36.8. The lowest BCUT2D eigenvalue weighted by Crippen LogP contribution is -2.34. The maximum absolute atomic E-state index is 13.5. The Balaban J connectivity index is 1.09. The van der Waals surface area contributed by atoms with Crippen LogP contribution in [0.3, 0.4) is 0 Å². The van der Waals surface area contributed by atoms with E-state index in [1.807, 2.05) is 76.5 Å². The number of carbonyl (C=O) groups excluding carboxylic acids is 2. The van der Waals surface area contributed by atoms with Crippen LogP contribution >= 0.6 is 0 Å². The number of anilines is 1. The molecule has 4 aromatic rings. The van der Waals surface area contributed by atoms with Crippen LogP contribution in [0.2, 0.25) is 0 Å². The van der Waals surface area contributed by atoms with E-state index in [4.69, 9.17) is 0 Å². The molecule has 0 radical (unpaired) electrons. The number of pyridine rings is 2. The van der Waals surface area contributed by atoms with Crippen molar-refractivity contribution in [1.82, 2.24) is 15.3 Å². The molecule has 0 saturated heterocycles. The number of aliphatic hydroxyl groups excluding tert-OH is 2. The largest absolute Gasteiger partial charge is 0.393 e. The number of nitrogens with one attached hydrogen (secondary N) is 2. The number of Topliss-reactive ketones (excluding diaryl/α,β-unsaturated/α-hetero) is 1. The van der Waals surface area contributed by atoms with Crippen molar-refractivity contribution in [3.8, 4) is 11.1 Å². The number of rotatable bonds is 12. The van der Waals surface area contributed by atoms with Gasteiger partial charge in [0.1, 0.15) is 11.4 Å². The number of amides is 1. The highest BCUT2D eigenvalue weighted by Gasteiger charge is 2.22. The van der Waals surface area contributed by atoms with Crippen LogP contribution in [-0.2, 0) is 19.4 Å². The lowest BCUT2D eigenvalue weighted by Gasteiger charge is -2.26. The monoisotopic (exact) mass is 702 g/mol. The van der Waals surface area contributed by atoms with E-state index < -0.39 is 0 Å². The molecule has 0 bridgehead atoms. The zero-order valence-electron chi connectivity index (χ0n) is 31.2. The van der Waals surface area contributed by atoms with Crippen molar-refractivity contribution in [3.63, 3.8) is 0 Å². The van der Waals surface area contributed by atoms with E-state index in [1.54, 1.807) is 0 Å². The topological polar surface area (TPSA) is 124 Å². The van der Waals surface area contributed by atoms with E-state index in [2.05, 4.69) is 32.7 Å². The molecule has 2 saturated carbocycles. The van der Waals surface area contributed by atoms with Crippen molar-refractivity contribution < 1.29 is 19.8 Å². The number of aromatic nitrogens is 2. The summed E-state index contributed by atoms with van der Waals surface area (Å²) in [4.78, 5) is 36.0. The van der Waals surface area contributed by atoms with Gasteiger partial charge < -0.3 is 20.8 Å². The molecule has 0 spiro atoms. The van der Waals surface area contributed by atoms with Gasteiger partial charge in [0.25, 0.3) is 5.91 Å². The second kappa shape index (κ2) is 17.1. The van der Waals surface area contributed by atoms with Gasteiger partial charge in [-0.15, -0.1) is 0 Å². The van der Waals surface area contributed by atoms with E-state index >= 15 is 0 Å². The van der Waals surface area contributed by atoms with Gasteiger partial charge in [0.05, 0.1) is 12.2 Å². The predicted molar refractivity (Wildman–Crippen MR) is 207 cm³/mol. The van der Waals surface area contributed by atoms with Gasteiger partial charge in [-0.3, -0.25) is 19.6 Å². The van der Waals surface area contributed by atoms with Crippen molar-refractivity contribution >= 4 is 17.4 Å². The average Bonchev–Trinajstić information content (AvgIpc) is 3.13. The maximum atomic E-state index is 13.5. The second-order valence-electron chi connectivity index (χ2n) is 15.2. The third-order valence-corrected chi connectivity index (χ3v) is 11.5. The minimum atomic E-state index is -0.245. The van der Waals surface area contributed by atoms with Gasteiger partial charge in [-0.25, -0.2) is 0 Å². The molecule has 0 unspecified atom stereocenters. The standard InChI is InChI=1S/C44H54N4O4/c1-27-22-42(47-24-33(27)14-11-31-12-17-36(49)18-13-31)44(52)48-40-10-6-9-39(30(40)4)38-8-5-7-32(29(38)3)23-43(51)41-21-28(2)34(26-46-41)25-45-35-15-19-37(50)20-16-35/h5-10,21-22,24,26,31,35-37,45,49-50H,11-20,23,25H2,1-4H3,(H,48,52). The summed E-state index contributed by atoms with van der Waals surface area (Å²) >= 11 is 0. The smallest absolute Gasteiger partial charge is 0.274 e. The van der Waals surface area contributed by atoms with Crippen molar-refractivity contribution in [2.45, 2.75) is 123 Å². The highest BCUT2D eigenvalue weighted by molar-refractivity contribution is 6.04. The Hall–Kier alpha value is -4.24. The summed E-state index contributed by atoms with van der Waals surface area (Å²) in [6, 6.07) is 16.1. The first-order valence-corrected chi connectivity index (χ1v) is 19.1. The van der Waals surface area contributed by atoms with Crippen LogP contribution in [0.5, 0.6) is 0 Å². The van der Waals surface area contributed by atoms with Crippen LogP contribution in [0, 0.1) is 33.6 Å². The lowest BCUT2D eigenvalue weighted by atomic mass is 9.83.